The van der Waals surface area contributed by atoms with Crippen molar-refractivity contribution in [3.05, 3.63) is 11.9 Å². The molecule has 1 aromatic heterocycles. The molecule has 1 atom stereocenters. The van der Waals surface area contributed by atoms with Gasteiger partial charge in [-0.25, -0.2) is 0 Å². The molecule has 1 saturated heterocycles. The van der Waals surface area contributed by atoms with Crippen LogP contribution in [-0.2, 0) is 4.79 Å². The number of aromatic nitrogens is 2. The second-order valence-electron chi connectivity index (χ2n) is 7.28. The van der Waals surface area contributed by atoms with Crippen molar-refractivity contribution in [1.82, 2.24) is 15.1 Å². The second kappa shape index (κ2) is 4.75. The van der Waals surface area contributed by atoms with Crippen LogP contribution in [0.3, 0.4) is 0 Å². The fourth-order valence-corrected chi connectivity index (χ4v) is 4.24. The number of nitrogens with two attached hydrogens (primary N) is 1. The molecule has 1 spiro atoms. The van der Waals surface area contributed by atoms with Crippen molar-refractivity contribution in [3.63, 3.8) is 0 Å². The Labute approximate surface area is 125 Å². The van der Waals surface area contributed by atoms with Crippen molar-refractivity contribution in [1.29, 1.82) is 0 Å². The molecular formula is C16H24N4O. The molecular weight excluding hydrogens is 264 g/mol. The Morgan fingerprint density at radius 3 is 2.67 bits per heavy atom. The SMILES string of the molecule is Nc1cn[nH]c1C1CCN(C(=O)C2CCC3(CC2)CC3)C1. The van der Waals surface area contributed by atoms with E-state index >= 15 is 0 Å². The van der Waals surface area contributed by atoms with Crippen LogP contribution in [0.5, 0.6) is 0 Å². The molecule has 3 fully saturated rings. The maximum absolute atomic E-state index is 12.7. The first-order valence-electron chi connectivity index (χ1n) is 8.24. The summed E-state index contributed by atoms with van der Waals surface area (Å²) in [6.07, 6.45) is 10.2. The predicted octanol–water partition coefficient (Wildman–Crippen LogP) is 2.28. The van der Waals surface area contributed by atoms with Crippen molar-refractivity contribution in [3.8, 4) is 0 Å². The van der Waals surface area contributed by atoms with Gasteiger partial charge in [0.2, 0.25) is 5.91 Å². The summed E-state index contributed by atoms with van der Waals surface area (Å²) in [7, 11) is 0. The van der Waals surface area contributed by atoms with E-state index in [0.29, 0.717) is 17.2 Å². The Balaban J connectivity index is 1.37. The van der Waals surface area contributed by atoms with Gasteiger partial charge in [0.25, 0.3) is 0 Å². The van der Waals surface area contributed by atoms with Gasteiger partial charge in [-0.05, 0) is 50.4 Å². The van der Waals surface area contributed by atoms with Crippen molar-refractivity contribution in [2.75, 3.05) is 18.8 Å². The molecule has 2 heterocycles. The van der Waals surface area contributed by atoms with Crippen LogP contribution in [0, 0.1) is 11.3 Å². The van der Waals surface area contributed by atoms with E-state index in [-0.39, 0.29) is 5.92 Å². The molecule has 2 aliphatic carbocycles. The fraction of sp³-hybridized carbons (Fsp3) is 0.750. The molecule has 2 saturated carbocycles. The average molecular weight is 288 g/mol. The Morgan fingerprint density at radius 2 is 2.05 bits per heavy atom. The molecule has 1 aromatic rings. The van der Waals surface area contributed by atoms with Gasteiger partial charge in [0, 0.05) is 24.9 Å². The number of nitrogen functional groups attached to an aromatic ring is 1. The number of nitrogens with one attached hydrogen (secondary N) is 1. The minimum atomic E-state index is 0.272. The summed E-state index contributed by atoms with van der Waals surface area (Å²) in [5.41, 5.74) is 8.32. The summed E-state index contributed by atoms with van der Waals surface area (Å²) in [5, 5.41) is 6.99. The number of amides is 1. The summed E-state index contributed by atoms with van der Waals surface area (Å²) in [6.45, 7) is 1.66. The minimum Gasteiger partial charge on any atom is -0.396 e. The van der Waals surface area contributed by atoms with Crippen LogP contribution in [0.2, 0.25) is 0 Å². The number of anilines is 1. The molecule has 4 rings (SSSR count). The number of hydrogen-bond donors (Lipinski definition) is 2. The molecule has 114 valence electrons. The highest BCUT2D eigenvalue weighted by Gasteiger charge is 2.46. The van der Waals surface area contributed by atoms with Gasteiger partial charge in [-0.1, -0.05) is 0 Å². The summed E-state index contributed by atoms with van der Waals surface area (Å²) in [5.74, 6) is 0.981. The molecule has 0 bridgehead atoms. The molecule has 5 nitrogen and oxygen atoms in total. The topological polar surface area (TPSA) is 75.0 Å². The smallest absolute Gasteiger partial charge is 0.225 e. The van der Waals surface area contributed by atoms with E-state index in [0.717, 1.165) is 43.7 Å². The molecule has 1 amide bonds. The highest BCUT2D eigenvalue weighted by molar-refractivity contribution is 5.79. The highest BCUT2D eigenvalue weighted by atomic mass is 16.2. The van der Waals surface area contributed by atoms with Gasteiger partial charge in [0.1, 0.15) is 0 Å². The van der Waals surface area contributed by atoms with Crippen LogP contribution < -0.4 is 5.73 Å². The van der Waals surface area contributed by atoms with Crippen LogP contribution >= 0.6 is 0 Å². The maximum Gasteiger partial charge on any atom is 0.225 e. The summed E-state index contributed by atoms with van der Waals surface area (Å²) >= 11 is 0. The average Bonchev–Trinajstić information content (AvgIpc) is 2.92. The van der Waals surface area contributed by atoms with E-state index in [9.17, 15) is 4.79 Å². The number of nitrogens with zero attached hydrogens (tertiary/aromatic N) is 2. The Hall–Kier alpha value is -1.52. The first-order chi connectivity index (χ1) is 10.2. The van der Waals surface area contributed by atoms with E-state index in [1.165, 1.54) is 25.7 Å². The standard InChI is InChI=1S/C16H24N4O/c17-13-9-18-19-14(13)12-3-8-20(10-12)15(21)11-1-4-16(5-2-11)6-7-16/h9,11-12H,1-8,10,17H2,(H,18,19). The Kier molecular flexibility index (Phi) is 2.98. The van der Waals surface area contributed by atoms with Gasteiger partial charge in [-0.2, -0.15) is 5.10 Å². The predicted molar refractivity (Wildman–Crippen MR) is 80.6 cm³/mol. The third-order valence-electron chi connectivity index (χ3n) is 5.96. The van der Waals surface area contributed by atoms with E-state index in [1.54, 1.807) is 6.20 Å². The highest BCUT2D eigenvalue weighted by Crippen LogP contribution is 2.57. The third kappa shape index (κ3) is 2.32. The largest absolute Gasteiger partial charge is 0.396 e. The van der Waals surface area contributed by atoms with Gasteiger partial charge >= 0.3 is 0 Å². The van der Waals surface area contributed by atoms with Crippen LogP contribution in [0.15, 0.2) is 6.20 Å². The zero-order valence-electron chi connectivity index (χ0n) is 12.5. The lowest BCUT2D eigenvalue weighted by Crippen LogP contribution is -2.36. The van der Waals surface area contributed by atoms with Crippen molar-refractivity contribution in [2.45, 2.75) is 50.9 Å². The summed E-state index contributed by atoms with van der Waals surface area (Å²) in [6, 6.07) is 0. The van der Waals surface area contributed by atoms with Crippen LogP contribution in [0.4, 0.5) is 5.69 Å². The number of likely N-dealkylation sites (tertiary alicyclic amines) is 1. The summed E-state index contributed by atoms with van der Waals surface area (Å²) in [4.78, 5) is 14.8. The van der Waals surface area contributed by atoms with Gasteiger partial charge in [0.05, 0.1) is 17.6 Å². The number of hydrogen-bond acceptors (Lipinski definition) is 3. The van der Waals surface area contributed by atoms with Gasteiger partial charge in [-0.15, -0.1) is 0 Å². The molecule has 0 aromatic carbocycles. The zero-order valence-corrected chi connectivity index (χ0v) is 12.5. The van der Waals surface area contributed by atoms with Crippen LogP contribution in [0.25, 0.3) is 0 Å². The Bertz CT molecular complexity index is 538. The summed E-state index contributed by atoms with van der Waals surface area (Å²) < 4.78 is 0. The number of aromatic amines is 1. The molecule has 5 heteroatoms. The quantitative estimate of drug-likeness (QED) is 0.876. The van der Waals surface area contributed by atoms with E-state index < -0.39 is 0 Å². The maximum atomic E-state index is 12.7. The van der Waals surface area contributed by atoms with Crippen molar-refractivity contribution < 1.29 is 4.79 Å². The first kappa shape index (κ1) is 13.2. The van der Waals surface area contributed by atoms with Crippen LogP contribution in [0.1, 0.15) is 56.6 Å². The molecule has 0 radical (unpaired) electrons. The van der Waals surface area contributed by atoms with Crippen molar-refractivity contribution in [2.24, 2.45) is 11.3 Å². The fourth-order valence-electron chi connectivity index (χ4n) is 4.24. The zero-order chi connectivity index (χ0) is 14.4. The number of carbonyl (C=O) groups is 1. The van der Waals surface area contributed by atoms with E-state index in [1.807, 2.05) is 0 Å². The number of rotatable bonds is 2. The second-order valence-corrected chi connectivity index (χ2v) is 7.28. The van der Waals surface area contributed by atoms with Crippen LogP contribution in [-0.4, -0.2) is 34.1 Å². The lowest BCUT2D eigenvalue weighted by molar-refractivity contribution is -0.135. The number of H-pyrrole nitrogens is 1. The third-order valence-corrected chi connectivity index (χ3v) is 5.96. The molecule has 21 heavy (non-hydrogen) atoms. The van der Waals surface area contributed by atoms with Gasteiger partial charge in [0.15, 0.2) is 0 Å². The first-order valence-corrected chi connectivity index (χ1v) is 8.24. The number of carbonyl (C=O) groups excluding carboxylic acids is 1. The minimum absolute atomic E-state index is 0.272. The van der Waals surface area contributed by atoms with E-state index in [2.05, 4.69) is 15.1 Å². The van der Waals surface area contributed by atoms with Gasteiger partial charge < -0.3 is 10.6 Å². The monoisotopic (exact) mass is 288 g/mol. The molecule has 1 unspecified atom stereocenters. The normalized spacial score (nSPS) is 28.2. The molecule has 3 N–H and O–H groups in total. The lowest BCUT2D eigenvalue weighted by Gasteiger charge is -2.30. The lowest BCUT2D eigenvalue weighted by atomic mass is 9.79. The Morgan fingerprint density at radius 1 is 1.29 bits per heavy atom. The van der Waals surface area contributed by atoms with Gasteiger partial charge in [-0.3, -0.25) is 9.89 Å². The van der Waals surface area contributed by atoms with Crippen molar-refractivity contribution >= 4 is 11.6 Å². The van der Waals surface area contributed by atoms with E-state index in [4.69, 9.17) is 5.73 Å². The molecule has 1 aliphatic heterocycles. The molecule has 3 aliphatic rings.